The van der Waals surface area contributed by atoms with Gasteiger partial charge in [-0.15, -0.1) is 0 Å². The van der Waals surface area contributed by atoms with Crippen LogP contribution in [0.15, 0.2) is 30.3 Å². The fourth-order valence-electron chi connectivity index (χ4n) is 2.95. The fourth-order valence-corrected chi connectivity index (χ4v) is 2.95. The molecule has 0 aromatic heterocycles. The van der Waals surface area contributed by atoms with Gasteiger partial charge in [-0.25, -0.2) is 0 Å². The molecular weight excluding hydrogens is 224 g/mol. The van der Waals surface area contributed by atoms with Gasteiger partial charge in [0.2, 0.25) is 0 Å². The van der Waals surface area contributed by atoms with E-state index in [1.165, 1.54) is 12.8 Å². The van der Waals surface area contributed by atoms with E-state index in [2.05, 4.69) is 11.8 Å². The Labute approximate surface area is 110 Å². The van der Waals surface area contributed by atoms with Gasteiger partial charge in [0.25, 0.3) is 0 Å². The molecule has 0 spiro atoms. The van der Waals surface area contributed by atoms with Gasteiger partial charge in [0.1, 0.15) is 0 Å². The first-order valence-corrected chi connectivity index (χ1v) is 6.89. The first kappa shape index (κ1) is 13.5. The van der Waals surface area contributed by atoms with Crippen molar-refractivity contribution in [3.8, 4) is 0 Å². The van der Waals surface area contributed by atoms with Gasteiger partial charge in [0.15, 0.2) is 0 Å². The summed E-state index contributed by atoms with van der Waals surface area (Å²) in [6.45, 7) is 4.69. The molecule has 1 aromatic carbocycles. The van der Waals surface area contributed by atoms with Gasteiger partial charge in [-0.1, -0.05) is 37.3 Å². The maximum Gasteiger partial charge on any atom is 0.0917 e. The summed E-state index contributed by atoms with van der Waals surface area (Å²) < 4.78 is 0. The molecule has 1 aliphatic rings. The average molecular weight is 248 g/mol. The van der Waals surface area contributed by atoms with Crippen molar-refractivity contribution >= 4 is 0 Å². The number of β-amino-alcohol motifs (C(OH)–C–C–N with tert-alkyl or cyclic N) is 1. The molecule has 18 heavy (non-hydrogen) atoms. The second-order valence-electron chi connectivity index (χ2n) is 5.34. The van der Waals surface area contributed by atoms with Crippen LogP contribution in [-0.4, -0.2) is 35.7 Å². The molecular formula is C15H24N2O. The minimum atomic E-state index is -0.412. The largest absolute Gasteiger partial charge is 0.387 e. The molecule has 1 heterocycles. The minimum absolute atomic E-state index is 0.412. The Morgan fingerprint density at radius 3 is 2.78 bits per heavy atom. The van der Waals surface area contributed by atoms with Crippen LogP contribution in [0.2, 0.25) is 0 Å². The highest BCUT2D eigenvalue weighted by atomic mass is 16.3. The summed E-state index contributed by atoms with van der Waals surface area (Å²) in [5.74, 6) is 0.631. The van der Waals surface area contributed by atoms with Gasteiger partial charge in [-0.3, -0.25) is 4.90 Å². The number of hydrogen-bond acceptors (Lipinski definition) is 3. The molecule has 3 atom stereocenters. The lowest BCUT2D eigenvalue weighted by Gasteiger charge is -2.40. The zero-order valence-corrected chi connectivity index (χ0v) is 11.1. The van der Waals surface area contributed by atoms with Gasteiger partial charge >= 0.3 is 0 Å². The lowest BCUT2D eigenvalue weighted by atomic mass is 9.90. The highest BCUT2D eigenvalue weighted by Gasteiger charge is 2.28. The first-order valence-electron chi connectivity index (χ1n) is 6.89. The number of aliphatic hydroxyl groups is 1. The summed E-state index contributed by atoms with van der Waals surface area (Å²) >= 11 is 0. The minimum Gasteiger partial charge on any atom is -0.387 e. The van der Waals surface area contributed by atoms with E-state index in [9.17, 15) is 5.11 Å². The van der Waals surface area contributed by atoms with Crippen LogP contribution in [0.3, 0.4) is 0 Å². The Morgan fingerprint density at radius 2 is 2.11 bits per heavy atom. The molecule has 1 aliphatic heterocycles. The Hall–Kier alpha value is -0.900. The third kappa shape index (κ3) is 3.10. The van der Waals surface area contributed by atoms with E-state index >= 15 is 0 Å². The molecule has 3 unspecified atom stereocenters. The number of benzene rings is 1. The number of rotatable bonds is 4. The molecule has 2 rings (SSSR count). The van der Waals surface area contributed by atoms with E-state index in [0.29, 0.717) is 25.0 Å². The second kappa shape index (κ2) is 6.32. The van der Waals surface area contributed by atoms with Crippen molar-refractivity contribution in [1.82, 2.24) is 4.90 Å². The standard InChI is InChI=1S/C15H24N2O/c1-12-6-5-9-17(14(12)10-16)11-15(18)13-7-3-2-4-8-13/h2-4,7-8,12,14-15,18H,5-6,9-11,16H2,1H3. The molecule has 3 nitrogen and oxygen atoms in total. The normalized spacial score (nSPS) is 27.1. The van der Waals surface area contributed by atoms with Crippen molar-refractivity contribution in [2.24, 2.45) is 11.7 Å². The zero-order chi connectivity index (χ0) is 13.0. The summed E-state index contributed by atoms with van der Waals surface area (Å²) in [5.41, 5.74) is 6.87. The van der Waals surface area contributed by atoms with Gasteiger partial charge in [0.05, 0.1) is 6.10 Å². The molecule has 0 aliphatic carbocycles. The van der Waals surface area contributed by atoms with Crippen LogP contribution in [0.25, 0.3) is 0 Å². The number of nitrogens with two attached hydrogens (primary N) is 1. The van der Waals surface area contributed by atoms with E-state index in [4.69, 9.17) is 5.73 Å². The number of likely N-dealkylation sites (tertiary alicyclic amines) is 1. The summed E-state index contributed by atoms with van der Waals surface area (Å²) in [5, 5.41) is 10.3. The van der Waals surface area contributed by atoms with Gasteiger partial charge in [0, 0.05) is 19.1 Å². The zero-order valence-electron chi connectivity index (χ0n) is 11.1. The van der Waals surface area contributed by atoms with Crippen LogP contribution in [0.4, 0.5) is 0 Å². The molecule has 0 radical (unpaired) electrons. The molecule has 3 N–H and O–H groups in total. The van der Waals surface area contributed by atoms with Crippen LogP contribution in [-0.2, 0) is 0 Å². The van der Waals surface area contributed by atoms with Crippen molar-refractivity contribution < 1.29 is 5.11 Å². The van der Waals surface area contributed by atoms with Gasteiger partial charge < -0.3 is 10.8 Å². The summed E-state index contributed by atoms with van der Waals surface area (Å²) in [7, 11) is 0. The topological polar surface area (TPSA) is 49.5 Å². The molecule has 0 saturated carbocycles. The molecule has 1 saturated heterocycles. The van der Waals surface area contributed by atoms with E-state index < -0.39 is 6.10 Å². The van der Waals surface area contributed by atoms with Crippen LogP contribution in [0.5, 0.6) is 0 Å². The number of nitrogens with zero attached hydrogens (tertiary/aromatic N) is 1. The molecule has 0 amide bonds. The monoisotopic (exact) mass is 248 g/mol. The Balaban J connectivity index is 1.99. The average Bonchev–Trinajstić information content (AvgIpc) is 2.40. The summed E-state index contributed by atoms with van der Waals surface area (Å²) in [4.78, 5) is 2.35. The van der Waals surface area contributed by atoms with Crippen LogP contribution in [0.1, 0.15) is 31.4 Å². The SMILES string of the molecule is CC1CCCN(CC(O)c2ccccc2)C1CN. The Morgan fingerprint density at radius 1 is 1.39 bits per heavy atom. The number of aliphatic hydroxyl groups excluding tert-OH is 1. The number of hydrogen-bond donors (Lipinski definition) is 2. The fraction of sp³-hybridized carbons (Fsp3) is 0.600. The summed E-state index contributed by atoms with van der Waals surface area (Å²) in [6, 6.07) is 10.3. The smallest absolute Gasteiger partial charge is 0.0917 e. The van der Waals surface area contributed by atoms with Gasteiger partial charge in [-0.2, -0.15) is 0 Å². The molecule has 3 heteroatoms. The first-order chi connectivity index (χ1) is 8.72. The van der Waals surface area contributed by atoms with Crippen molar-refractivity contribution in [2.45, 2.75) is 31.9 Å². The van der Waals surface area contributed by atoms with Crippen molar-refractivity contribution in [3.63, 3.8) is 0 Å². The van der Waals surface area contributed by atoms with E-state index in [1.54, 1.807) is 0 Å². The predicted octanol–water partition coefficient (Wildman–Crippen LogP) is 1.78. The van der Waals surface area contributed by atoms with Crippen LogP contribution in [0, 0.1) is 5.92 Å². The van der Waals surface area contributed by atoms with E-state index in [1.807, 2.05) is 30.3 Å². The van der Waals surface area contributed by atoms with E-state index in [0.717, 1.165) is 12.1 Å². The highest BCUT2D eigenvalue weighted by molar-refractivity contribution is 5.17. The molecule has 100 valence electrons. The Bertz CT molecular complexity index is 355. The lowest BCUT2D eigenvalue weighted by Crippen LogP contribution is -2.49. The maximum atomic E-state index is 10.3. The molecule has 1 aromatic rings. The molecule has 1 fully saturated rings. The molecule has 0 bridgehead atoms. The van der Waals surface area contributed by atoms with Gasteiger partial charge in [-0.05, 0) is 30.9 Å². The predicted molar refractivity (Wildman–Crippen MR) is 74.2 cm³/mol. The van der Waals surface area contributed by atoms with E-state index in [-0.39, 0.29) is 0 Å². The van der Waals surface area contributed by atoms with Crippen LogP contribution >= 0.6 is 0 Å². The third-order valence-electron chi connectivity index (χ3n) is 4.06. The quantitative estimate of drug-likeness (QED) is 0.854. The highest BCUT2D eigenvalue weighted by Crippen LogP contribution is 2.25. The summed E-state index contributed by atoms with van der Waals surface area (Å²) in [6.07, 6.45) is 2.05. The van der Waals surface area contributed by atoms with Crippen molar-refractivity contribution in [1.29, 1.82) is 0 Å². The number of piperidine rings is 1. The maximum absolute atomic E-state index is 10.3. The van der Waals surface area contributed by atoms with Crippen molar-refractivity contribution in [3.05, 3.63) is 35.9 Å². The third-order valence-corrected chi connectivity index (χ3v) is 4.06. The van der Waals surface area contributed by atoms with Crippen molar-refractivity contribution in [2.75, 3.05) is 19.6 Å². The van der Waals surface area contributed by atoms with Crippen LogP contribution < -0.4 is 5.73 Å². The Kier molecular flexibility index (Phi) is 4.75. The lowest BCUT2D eigenvalue weighted by molar-refractivity contribution is 0.0472. The second-order valence-corrected chi connectivity index (χ2v) is 5.34.